The van der Waals surface area contributed by atoms with Crippen LogP contribution in [0.3, 0.4) is 0 Å². The lowest BCUT2D eigenvalue weighted by atomic mass is 10.0. The first-order valence-corrected chi connectivity index (χ1v) is 13.0. The molecule has 3 aromatic heterocycles. The Labute approximate surface area is 227 Å². The largest absolute Gasteiger partial charge is 0.459 e. The van der Waals surface area contributed by atoms with Crippen LogP contribution in [0.25, 0.3) is 10.9 Å². The number of carbonyl (C=O) groups excluding carboxylic acids is 1. The Morgan fingerprint density at radius 1 is 0.975 bits per heavy atom. The fourth-order valence-electron chi connectivity index (χ4n) is 5.33. The molecule has 0 saturated carbocycles. The fourth-order valence-corrected chi connectivity index (χ4v) is 5.33. The van der Waals surface area contributed by atoms with Crippen molar-refractivity contribution >= 4 is 16.8 Å². The number of nitrogens with zero attached hydrogens (tertiary/aromatic N) is 6. The summed E-state index contributed by atoms with van der Waals surface area (Å²) in [5, 5.41) is 13.5. The molecule has 12 heteroatoms. The van der Waals surface area contributed by atoms with Gasteiger partial charge in [-0.2, -0.15) is 0 Å². The molecule has 202 valence electrons. The van der Waals surface area contributed by atoms with Crippen LogP contribution >= 0.6 is 0 Å². The molecule has 0 bridgehead atoms. The van der Waals surface area contributed by atoms with Gasteiger partial charge < -0.3 is 23.8 Å². The average molecular weight is 540 g/mol. The third-order valence-electron chi connectivity index (χ3n) is 7.34. The molecule has 7 rings (SSSR count). The lowest BCUT2D eigenvalue weighted by Crippen LogP contribution is -2.50. The molecule has 40 heavy (non-hydrogen) atoms. The summed E-state index contributed by atoms with van der Waals surface area (Å²) in [6.45, 7) is 2.52. The third-order valence-corrected chi connectivity index (χ3v) is 7.34. The molecule has 5 heterocycles. The minimum Gasteiger partial charge on any atom is -0.459 e. The van der Waals surface area contributed by atoms with Crippen molar-refractivity contribution in [3.05, 3.63) is 100.0 Å². The fraction of sp³-hybridized carbons (Fsp3) is 0.250. The number of tetrazole rings is 1. The van der Waals surface area contributed by atoms with Gasteiger partial charge in [-0.3, -0.25) is 14.5 Å². The number of furan rings is 1. The number of piperazine rings is 1. The lowest BCUT2D eigenvalue weighted by molar-refractivity contribution is 0.0558. The number of amides is 1. The number of benzene rings is 2. The van der Waals surface area contributed by atoms with Crippen LogP contribution in [-0.2, 0) is 6.54 Å². The van der Waals surface area contributed by atoms with Crippen LogP contribution in [0.4, 0.5) is 0 Å². The number of nitrogens with one attached hydrogen (secondary N) is 1. The number of aromatic nitrogens is 5. The predicted octanol–water partition coefficient (Wildman–Crippen LogP) is 2.43. The monoisotopic (exact) mass is 539 g/mol. The van der Waals surface area contributed by atoms with E-state index in [1.165, 1.54) is 6.26 Å². The minimum atomic E-state index is -0.557. The van der Waals surface area contributed by atoms with Crippen molar-refractivity contribution in [2.45, 2.75) is 12.6 Å². The van der Waals surface area contributed by atoms with Crippen molar-refractivity contribution in [3.8, 4) is 11.5 Å². The van der Waals surface area contributed by atoms with E-state index in [9.17, 15) is 9.59 Å². The van der Waals surface area contributed by atoms with Crippen LogP contribution in [0.5, 0.6) is 11.5 Å². The minimum absolute atomic E-state index is 0.140. The molecule has 2 aromatic carbocycles. The van der Waals surface area contributed by atoms with E-state index >= 15 is 0 Å². The summed E-state index contributed by atoms with van der Waals surface area (Å²) in [6.07, 6.45) is 1.49. The first-order valence-electron chi connectivity index (χ1n) is 13.0. The highest BCUT2D eigenvalue weighted by Crippen LogP contribution is 2.36. The summed E-state index contributed by atoms with van der Waals surface area (Å²) >= 11 is 0. The maximum absolute atomic E-state index is 13.6. The van der Waals surface area contributed by atoms with Gasteiger partial charge in [0.2, 0.25) is 6.79 Å². The van der Waals surface area contributed by atoms with Crippen LogP contribution in [-0.4, -0.2) is 73.9 Å². The molecule has 1 atom stereocenters. The van der Waals surface area contributed by atoms with E-state index < -0.39 is 6.04 Å². The Kier molecular flexibility index (Phi) is 6.00. The van der Waals surface area contributed by atoms with Crippen LogP contribution < -0.4 is 15.0 Å². The molecule has 0 aliphatic carbocycles. The Morgan fingerprint density at radius 3 is 2.55 bits per heavy atom. The lowest BCUT2D eigenvalue weighted by Gasteiger charge is -2.38. The van der Waals surface area contributed by atoms with E-state index in [4.69, 9.17) is 13.9 Å². The topological polar surface area (TPSA) is 132 Å². The third kappa shape index (κ3) is 4.37. The predicted molar refractivity (Wildman–Crippen MR) is 142 cm³/mol. The van der Waals surface area contributed by atoms with E-state index in [-0.39, 0.29) is 18.3 Å². The number of pyridine rings is 1. The highest BCUT2D eigenvalue weighted by molar-refractivity contribution is 5.91. The second-order valence-electron chi connectivity index (χ2n) is 9.73. The van der Waals surface area contributed by atoms with Gasteiger partial charge in [0.15, 0.2) is 23.1 Å². The number of fused-ring (bicyclic) bond motifs is 2. The molecular formula is C28H25N7O5. The summed E-state index contributed by atoms with van der Waals surface area (Å²) in [5.74, 6) is 1.91. The normalized spacial score (nSPS) is 15.9. The van der Waals surface area contributed by atoms with Gasteiger partial charge in [-0.05, 0) is 40.3 Å². The maximum atomic E-state index is 13.6. The zero-order chi connectivity index (χ0) is 27.1. The van der Waals surface area contributed by atoms with Crippen LogP contribution in [0.15, 0.2) is 76.1 Å². The zero-order valence-corrected chi connectivity index (χ0v) is 21.4. The molecule has 12 nitrogen and oxygen atoms in total. The SMILES string of the molecule is O=C(c1ccco1)N1CCN([C@@H](c2cc3cc4c(cc3[nH]c2=O)OCO4)c2nnnn2Cc2ccccc2)CC1. The van der Waals surface area contributed by atoms with E-state index in [0.29, 0.717) is 66.9 Å². The second-order valence-corrected chi connectivity index (χ2v) is 9.73. The highest BCUT2D eigenvalue weighted by Gasteiger charge is 2.34. The number of hydrogen-bond acceptors (Lipinski definition) is 9. The van der Waals surface area contributed by atoms with E-state index in [1.807, 2.05) is 42.5 Å². The van der Waals surface area contributed by atoms with E-state index in [0.717, 1.165) is 10.9 Å². The van der Waals surface area contributed by atoms with E-state index in [1.54, 1.807) is 27.8 Å². The van der Waals surface area contributed by atoms with Gasteiger partial charge in [0.1, 0.15) is 6.04 Å². The van der Waals surface area contributed by atoms with E-state index in [2.05, 4.69) is 25.4 Å². The van der Waals surface area contributed by atoms with Crippen LogP contribution in [0, 0.1) is 0 Å². The quantitative estimate of drug-likeness (QED) is 0.346. The Hall–Kier alpha value is -4.97. The van der Waals surface area contributed by atoms with Crippen molar-refractivity contribution in [1.82, 2.24) is 35.0 Å². The zero-order valence-electron chi connectivity index (χ0n) is 21.4. The molecule has 0 radical (unpaired) electrons. The first-order chi connectivity index (χ1) is 19.6. The van der Waals surface area contributed by atoms with Crippen molar-refractivity contribution in [1.29, 1.82) is 0 Å². The van der Waals surface area contributed by atoms with Crippen molar-refractivity contribution < 1.29 is 18.7 Å². The van der Waals surface area contributed by atoms with Gasteiger partial charge in [-0.25, -0.2) is 4.68 Å². The molecule has 5 aromatic rings. The molecule has 1 fully saturated rings. The Bertz CT molecular complexity index is 1720. The average Bonchev–Trinajstić information content (AvgIpc) is 3.76. The van der Waals surface area contributed by atoms with Gasteiger partial charge >= 0.3 is 0 Å². The molecule has 0 spiro atoms. The van der Waals surface area contributed by atoms with Crippen molar-refractivity contribution in [3.63, 3.8) is 0 Å². The van der Waals surface area contributed by atoms with Gasteiger partial charge in [0.25, 0.3) is 11.5 Å². The maximum Gasteiger partial charge on any atom is 0.289 e. The number of aromatic amines is 1. The van der Waals surface area contributed by atoms with Crippen LogP contribution in [0.1, 0.15) is 33.5 Å². The molecule has 2 aliphatic rings. The molecule has 1 N–H and O–H groups in total. The summed E-state index contributed by atoms with van der Waals surface area (Å²) < 4.78 is 18.1. The first kappa shape index (κ1) is 24.1. The molecule has 1 saturated heterocycles. The molecule has 0 unspecified atom stereocenters. The van der Waals surface area contributed by atoms with Crippen molar-refractivity contribution in [2.24, 2.45) is 0 Å². The molecule has 2 aliphatic heterocycles. The Balaban J connectivity index is 1.27. The standard InChI is InChI=1S/C28H25N7O5/c36-27-20(13-19-14-23-24(40-17-39-23)15-21(19)29-27)25(26-30-31-32-35(26)16-18-5-2-1-3-6-18)33-8-10-34(11-9-33)28(37)22-7-4-12-38-22/h1-7,12-15,25H,8-11,16-17H2,(H,29,36)/t25-/m0/s1. The van der Waals surface area contributed by atoms with Gasteiger partial charge in [0.05, 0.1) is 18.3 Å². The van der Waals surface area contributed by atoms with Crippen LogP contribution in [0.2, 0.25) is 0 Å². The number of H-pyrrole nitrogens is 1. The number of ether oxygens (including phenoxy) is 2. The molecule has 1 amide bonds. The number of carbonyl (C=O) groups is 1. The number of rotatable bonds is 6. The summed E-state index contributed by atoms with van der Waals surface area (Å²) in [7, 11) is 0. The summed E-state index contributed by atoms with van der Waals surface area (Å²) in [6, 6.07) is 18.2. The smallest absolute Gasteiger partial charge is 0.289 e. The molecular weight excluding hydrogens is 514 g/mol. The second kappa shape index (κ2) is 9.97. The highest BCUT2D eigenvalue weighted by atomic mass is 16.7. The van der Waals surface area contributed by atoms with Gasteiger partial charge in [0, 0.05) is 43.2 Å². The van der Waals surface area contributed by atoms with Gasteiger partial charge in [-0.15, -0.1) is 5.10 Å². The Morgan fingerprint density at radius 2 is 1.77 bits per heavy atom. The summed E-state index contributed by atoms with van der Waals surface area (Å²) in [5.41, 5.74) is 1.93. The van der Waals surface area contributed by atoms with Gasteiger partial charge in [-0.1, -0.05) is 30.3 Å². The summed E-state index contributed by atoms with van der Waals surface area (Å²) in [4.78, 5) is 33.4. The number of hydrogen-bond donors (Lipinski definition) is 1. The van der Waals surface area contributed by atoms with Crippen molar-refractivity contribution in [2.75, 3.05) is 33.0 Å².